The SMILES string of the molecule is [2H]C([2H])(C/C(C)=C/CO)CC(C)CCCC(C)CCCC(C)C. The highest BCUT2D eigenvalue weighted by molar-refractivity contribution is 4.97. The van der Waals surface area contributed by atoms with Crippen molar-refractivity contribution in [3.8, 4) is 0 Å². The summed E-state index contributed by atoms with van der Waals surface area (Å²) in [5, 5.41) is 8.88. The predicted octanol–water partition coefficient (Wildman–Crippen LogP) is 6.36. The van der Waals surface area contributed by atoms with Crippen molar-refractivity contribution in [3.63, 3.8) is 0 Å². The third-order valence-corrected chi connectivity index (χ3v) is 4.21. The van der Waals surface area contributed by atoms with Crippen molar-refractivity contribution in [2.75, 3.05) is 6.61 Å². The predicted molar refractivity (Wildman–Crippen MR) is 95.6 cm³/mol. The topological polar surface area (TPSA) is 20.2 Å². The fraction of sp³-hybridized carbons (Fsp3) is 0.900. The van der Waals surface area contributed by atoms with Gasteiger partial charge in [0.2, 0.25) is 0 Å². The van der Waals surface area contributed by atoms with Crippen LogP contribution in [0.1, 0.15) is 95.1 Å². The van der Waals surface area contributed by atoms with Gasteiger partial charge in [0, 0.05) is 2.74 Å². The van der Waals surface area contributed by atoms with Crippen LogP contribution < -0.4 is 0 Å². The third kappa shape index (κ3) is 14.4. The Morgan fingerprint density at radius 2 is 1.48 bits per heavy atom. The minimum Gasteiger partial charge on any atom is -0.392 e. The lowest BCUT2D eigenvalue weighted by molar-refractivity contribution is 0.341. The molecular formula is C20H40O. The largest absolute Gasteiger partial charge is 0.392 e. The zero-order chi connectivity index (χ0) is 17.9. The zero-order valence-electron chi connectivity index (χ0n) is 17.1. The summed E-state index contributed by atoms with van der Waals surface area (Å²) in [5.41, 5.74) is 0.948. The van der Waals surface area contributed by atoms with Gasteiger partial charge in [-0.2, -0.15) is 0 Å². The molecule has 2 unspecified atom stereocenters. The highest BCUT2D eigenvalue weighted by Gasteiger charge is 2.06. The van der Waals surface area contributed by atoms with Crippen LogP contribution in [0.3, 0.4) is 0 Å². The van der Waals surface area contributed by atoms with Gasteiger partial charge in [0.05, 0.1) is 6.61 Å². The van der Waals surface area contributed by atoms with E-state index >= 15 is 0 Å². The average Bonchev–Trinajstić information content (AvgIpc) is 2.36. The Balaban J connectivity index is 3.92. The van der Waals surface area contributed by atoms with E-state index in [0.29, 0.717) is 18.8 Å². The van der Waals surface area contributed by atoms with Crippen LogP contribution in [-0.4, -0.2) is 11.7 Å². The minimum absolute atomic E-state index is 0.00612. The van der Waals surface area contributed by atoms with E-state index in [-0.39, 0.29) is 6.61 Å². The fourth-order valence-electron chi connectivity index (χ4n) is 2.68. The van der Waals surface area contributed by atoms with Crippen LogP contribution in [-0.2, 0) is 0 Å². The molecule has 1 heteroatoms. The Morgan fingerprint density at radius 1 is 0.952 bits per heavy atom. The first kappa shape index (κ1) is 17.1. The van der Waals surface area contributed by atoms with Crippen LogP contribution >= 0.6 is 0 Å². The summed E-state index contributed by atoms with van der Waals surface area (Å²) in [6.07, 6.45) is 9.22. The molecule has 0 amide bonds. The number of allylic oxidation sites excluding steroid dienone is 1. The molecular weight excluding hydrogens is 256 g/mol. The van der Waals surface area contributed by atoms with Crippen molar-refractivity contribution in [2.24, 2.45) is 17.8 Å². The zero-order valence-corrected chi connectivity index (χ0v) is 15.1. The molecule has 21 heavy (non-hydrogen) atoms. The van der Waals surface area contributed by atoms with Gasteiger partial charge in [-0.1, -0.05) is 84.3 Å². The molecule has 0 saturated heterocycles. The van der Waals surface area contributed by atoms with Crippen LogP contribution in [0, 0.1) is 17.8 Å². The summed E-state index contributed by atoms with van der Waals surface area (Å²) in [7, 11) is 0. The van der Waals surface area contributed by atoms with Gasteiger partial charge in [-0.25, -0.2) is 0 Å². The normalized spacial score (nSPS) is 17.6. The Labute approximate surface area is 137 Å². The second-order valence-electron chi connectivity index (χ2n) is 7.33. The highest BCUT2D eigenvalue weighted by Crippen LogP contribution is 2.21. The van der Waals surface area contributed by atoms with Gasteiger partial charge in [0.1, 0.15) is 0 Å². The monoisotopic (exact) mass is 298 g/mol. The van der Waals surface area contributed by atoms with Gasteiger partial charge in [-0.05, 0) is 37.5 Å². The first-order valence-corrected chi connectivity index (χ1v) is 8.92. The maximum Gasteiger partial charge on any atom is 0.0614 e. The summed E-state index contributed by atoms with van der Waals surface area (Å²) < 4.78 is 16.3. The first-order chi connectivity index (χ1) is 10.7. The highest BCUT2D eigenvalue weighted by atomic mass is 16.2. The van der Waals surface area contributed by atoms with Crippen molar-refractivity contribution in [2.45, 2.75) is 92.4 Å². The Kier molecular flexibility index (Phi) is 10.9. The maximum absolute atomic E-state index is 8.88. The number of hydrogen-bond donors (Lipinski definition) is 1. The summed E-state index contributed by atoms with van der Waals surface area (Å²) in [6.45, 7) is 11.0. The molecule has 2 atom stereocenters. The smallest absolute Gasteiger partial charge is 0.0614 e. The van der Waals surface area contributed by atoms with Gasteiger partial charge in [0.25, 0.3) is 0 Å². The Morgan fingerprint density at radius 3 is 2.00 bits per heavy atom. The second-order valence-corrected chi connectivity index (χ2v) is 7.33. The fourth-order valence-corrected chi connectivity index (χ4v) is 2.68. The van der Waals surface area contributed by atoms with E-state index in [1.807, 2.05) is 6.92 Å². The van der Waals surface area contributed by atoms with E-state index < -0.39 is 6.37 Å². The average molecular weight is 299 g/mol. The van der Waals surface area contributed by atoms with E-state index in [1.54, 1.807) is 6.08 Å². The molecule has 0 aromatic rings. The standard InChI is InChI=1S/C20H40O/c1-17(2)9-6-10-18(3)11-7-12-19(4)13-8-14-20(5)15-16-21/h15,17-19,21H,6-14,16H2,1-5H3/b20-15+/i8D2. The number of rotatable bonds is 13. The molecule has 1 N–H and O–H groups in total. The summed E-state index contributed by atoms with van der Waals surface area (Å²) >= 11 is 0. The van der Waals surface area contributed by atoms with E-state index in [0.717, 1.165) is 23.8 Å². The van der Waals surface area contributed by atoms with E-state index in [9.17, 15) is 0 Å². The van der Waals surface area contributed by atoms with Gasteiger partial charge in [-0.3, -0.25) is 0 Å². The van der Waals surface area contributed by atoms with Crippen LogP contribution in [0.15, 0.2) is 11.6 Å². The minimum atomic E-state index is -1.15. The number of aliphatic hydroxyl groups excluding tert-OH is 1. The first-order valence-electron chi connectivity index (χ1n) is 9.92. The van der Waals surface area contributed by atoms with E-state index in [1.165, 1.54) is 32.1 Å². The van der Waals surface area contributed by atoms with Gasteiger partial charge in [0.15, 0.2) is 0 Å². The summed E-state index contributed by atoms with van der Waals surface area (Å²) in [4.78, 5) is 0. The molecule has 1 nitrogen and oxygen atoms in total. The molecule has 0 heterocycles. The van der Waals surface area contributed by atoms with Crippen LogP contribution in [0.4, 0.5) is 0 Å². The molecule has 126 valence electrons. The molecule has 0 fully saturated rings. The van der Waals surface area contributed by atoms with E-state index in [2.05, 4.69) is 27.7 Å². The molecule has 0 aromatic heterocycles. The lowest BCUT2D eigenvalue weighted by Crippen LogP contribution is -2.00. The molecule has 0 rings (SSSR count). The number of hydrogen-bond acceptors (Lipinski definition) is 1. The second kappa shape index (κ2) is 13.4. The molecule has 0 radical (unpaired) electrons. The molecule has 0 bridgehead atoms. The summed E-state index contributed by atoms with van der Waals surface area (Å²) in [5.74, 6) is 2.04. The van der Waals surface area contributed by atoms with Gasteiger partial charge < -0.3 is 5.11 Å². The third-order valence-electron chi connectivity index (χ3n) is 4.21. The van der Waals surface area contributed by atoms with Crippen molar-refractivity contribution < 1.29 is 7.85 Å². The van der Waals surface area contributed by atoms with Crippen molar-refractivity contribution in [1.29, 1.82) is 0 Å². The van der Waals surface area contributed by atoms with Crippen molar-refractivity contribution in [1.82, 2.24) is 0 Å². The maximum atomic E-state index is 8.88. The quantitative estimate of drug-likeness (QED) is 0.392. The molecule has 0 aromatic carbocycles. The lowest BCUT2D eigenvalue weighted by atomic mass is 9.91. The molecule has 0 aliphatic rings. The molecule has 0 spiro atoms. The van der Waals surface area contributed by atoms with E-state index in [4.69, 9.17) is 7.85 Å². The molecule has 0 aliphatic heterocycles. The number of aliphatic hydroxyl groups is 1. The lowest BCUT2D eigenvalue weighted by Gasteiger charge is -2.15. The summed E-state index contributed by atoms with van der Waals surface area (Å²) in [6, 6.07) is 0. The Bertz CT molecular complexity index is 324. The van der Waals surface area contributed by atoms with Crippen LogP contribution in [0.25, 0.3) is 0 Å². The van der Waals surface area contributed by atoms with Crippen molar-refractivity contribution >= 4 is 0 Å². The van der Waals surface area contributed by atoms with Crippen LogP contribution in [0.5, 0.6) is 0 Å². The molecule has 0 saturated carbocycles. The van der Waals surface area contributed by atoms with Crippen LogP contribution in [0.2, 0.25) is 0 Å². The molecule has 0 aliphatic carbocycles. The van der Waals surface area contributed by atoms with Gasteiger partial charge >= 0.3 is 0 Å². The Hall–Kier alpha value is -0.300. The van der Waals surface area contributed by atoms with Crippen molar-refractivity contribution in [3.05, 3.63) is 11.6 Å². The van der Waals surface area contributed by atoms with Gasteiger partial charge in [-0.15, -0.1) is 0 Å².